The minimum absolute atomic E-state index is 0.118. The molecule has 104 valence electrons. The largest absolute Gasteiger partial charge is 0.317 e. The van der Waals surface area contributed by atoms with Gasteiger partial charge in [-0.3, -0.25) is 0 Å². The second kappa shape index (κ2) is 4.87. The van der Waals surface area contributed by atoms with Crippen LogP contribution in [-0.2, 0) is 9.84 Å². The van der Waals surface area contributed by atoms with Crippen molar-refractivity contribution in [1.29, 1.82) is 0 Å². The monoisotopic (exact) mass is 283 g/mol. The van der Waals surface area contributed by atoms with Gasteiger partial charge in [0.25, 0.3) is 0 Å². The van der Waals surface area contributed by atoms with Crippen molar-refractivity contribution in [3.8, 4) is 0 Å². The van der Waals surface area contributed by atoms with E-state index in [1.807, 2.05) is 0 Å². The summed E-state index contributed by atoms with van der Waals surface area (Å²) in [7, 11) is -3.43. The maximum Gasteiger partial charge on any atom is 0.184 e. The zero-order valence-electron chi connectivity index (χ0n) is 10.7. The van der Waals surface area contributed by atoms with Crippen LogP contribution in [0.15, 0.2) is 23.1 Å². The minimum Gasteiger partial charge on any atom is -0.317 e. The standard InChI is InChI=1S/C14H18FNO2S/c15-13-9-11(10-5-7-16-8-6-10)1-4-14(13)19(17,18)12-2-3-12/h1,4,9-10,12,16H,2-3,5-8H2. The average Bonchev–Trinajstić information content (AvgIpc) is 3.24. The second-order valence-corrected chi connectivity index (χ2v) is 7.66. The molecular formula is C14H18FNO2S. The average molecular weight is 283 g/mol. The molecule has 0 aromatic heterocycles. The first-order valence-corrected chi connectivity index (χ1v) is 8.38. The first-order chi connectivity index (χ1) is 9.09. The van der Waals surface area contributed by atoms with Gasteiger partial charge >= 0.3 is 0 Å². The van der Waals surface area contributed by atoms with Gasteiger partial charge in [-0.1, -0.05) is 6.07 Å². The van der Waals surface area contributed by atoms with Crippen molar-refractivity contribution in [2.75, 3.05) is 13.1 Å². The Morgan fingerprint density at radius 3 is 2.37 bits per heavy atom. The highest BCUT2D eigenvalue weighted by molar-refractivity contribution is 7.92. The summed E-state index contributed by atoms with van der Waals surface area (Å²) >= 11 is 0. The molecule has 0 amide bonds. The fraction of sp³-hybridized carbons (Fsp3) is 0.571. The Morgan fingerprint density at radius 1 is 1.11 bits per heavy atom. The summed E-state index contributed by atoms with van der Waals surface area (Å²) in [6, 6.07) is 4.67. The van der Waals surface area contributed by atoms with Crippen molar-refractivity contribution in [3.63, 3.8) is 0 Å². The molecular weight excluding hydrogens is 265 g/mol. The first kappa shape index (κ1) is 13.1. The lowest BCUT2D eigenvalue weighted by molar-refractivity contribution is 0.457. The fourth-order valence-corrected chi connectivity index (χ4v) is 4.42. The molecule has 1 aliphatic carbocycles. The number of rotatable bonds is 3. The van der Waals surface area contributed by atoms with Crippen LogP contribution in [0.1, 0.15) is 37.2 Å². The third-order valence-electron chi connectivity index (χ3n) is 4.04. The highest BCUT2D eigenvalue weighted by Gasteiger charge is 2.38. The van der Waals surface area contributed by atoms with E-state index in [-0.39, 0.29) is 10.1 Å². The summed E-state index contributed by atoms with van der Waals surface area (Å²) < 4.78 is 38.2. The van der Waals surface area contributed by atoms with E-state index in [4.69, 9.17) is 0 Å². The Bertz CT molecular complexity index is 575. The Morgan fingerprint density at radius 2 is 1.79 bits per heavy atom. The molecule has 1 aliphatic heterocycles. The van der Waals surface area contributed by atoms with Crippen LogP contribution in [0.3, 0.4) is 0 Å². The number of halogens is 1. The molecule has 1 heterocycles. The van der Waals surface area contributed by atoms with Crippen molar-refractivity contribution in [1.82, 2.24) is 5.32 Å². The summed E-state index contributed by atoms with van der Waals surface area (Å²) in [4.78, 5) is -0.118. The van der Waals surface area contributed by atoms with Crippen LogP contribution in [0.4, 0.5) is 4.39 Å². The van der Waals surface area contributed by atoms with Crippen LogP contribution in [0.5, 0.6) is 0 Å². The van der Waals surface area contributed by atoms with Crippen molar-refractivity contribution < 1.29 is 12.8 Å². The summed E-state index contributed by atoms with van der Waals surface area (Å²) in [5.74, 6) is -0.239. The van der Waals surface area contributed by atoms with Gasteiger partial charge in [-0.05, 0) is 62.4 Å². The number of hydrogen-bond acceptors (Lipinski definition) is 3. The molecule has 1 aromatic rings. The van der Waals surface area contributed by atoms with E-state index in [9.17, 15) is 12.8 Å². The third kappa shape index (κ3) is 2.54. The number of sulfone groups is 1. The molecule has 2 aliphatic rings. The van der Waals surface area contributed by atoms with Crippen molar-refractivity contribution in [2.24, 2.45) is 0 Å². The zero-order valence-corrected chi connectivity index (χ0v) is 11.5. The first-order valence-electron chi connectivity index (χ1n) is 6.83. The predicted molar refractivity (Wildman–Crippen MR) is 71.5 cm³/mol. The van der Waals surface area contributed by atoms with E-state index in [1.54, 1.807) is 6.07 Å². The number of hydrogen-bond donors (Lipinski definition) is 1. The molecule has 1 saturated heterocycles. The van der Waals surface area contributed by atoms with E-state index < -0.39 is 15.7 Å². The van der Waals surface area contributed by atoms with Crippen LogP contribution in [0.25, 0.3) is 0 Å². The van der Waals surface area contributed by atoms with E-state index in [0.29, 0.717) is 18.8 Å². The van der Waals surface area contributed by atoms with Gasteiger partial charge in [-0.25, -0.2) is 12.8 Å². The molecule has 0 unspecified atom stereocenters. The second-order valence-electron chi connectivity index (χ2n) is 5.46. The molecule has 19 heavy (non-hydrogen) atoms. The SMILES string of the molecule is O=S(=O)(c1ccc(C2CCNCC2)cc1F)C1CC1. The van der Waals surface area contributed by atoms with Crippen LogP contribution >= 0.6 is 0 Å². The summed E-state index contributed by atoms with van der Waals surface area (Å²) in [5, 5.41) is 2.91. The van der Waals surface area contributed by atoms with Gasteiger partial charge in [-0.15, -0.1) is 0 Å². The van der Waals surface area contributed by atoms with Crippen molar-refractivity contribution >= 4 is 9.84 Å². The molecule has 1 N–H and O–H groups in total. The number of piperidine rings is 1. The van der Waals surface area contributed by atoms with Crippen molar-refractivity contribution in [3.05, 3.63) is 29.6 Å². The summed E-state index contributed by atoms with van der Waals surface area (Å²) in [6.07, 6.45) is 3.29. The van der Waals surface area contributed by atoms with Gasteiger partial charge in [0, 0.05) is 0 Å². The summed E-state index contributed by atoms with van der Waals surface area (Å²) in [5.41, 5.74) is 0.925. The molecule has 0 spiro atoms. The Balaban J connectivity index is 1.89. The lowest BCUT2D eigenvalue weighted by Crippen LogP contribution is -2.26. The van der Waals surface area contributed by atoms with E-state index >= 15 is 0 Å². The molecule has 3 nitrogen and oxygen atoms in total. The van der Waals surface area contributed by atoms with E-state index in [0.717, 1.165) is 31.5 Å². The lowest BCUT2D eigenvalue weighted by Gasteiger charge is -2.23. The molecule has 3 rings (SSSR count). The van der Waals surface area contributed by atoms with Gasteiger partial charge < -0.3 is 5.32 Å². The Hall–Kier alpha value is -0.940. The highest BCUT2D eigenvalue weighted by Crippen LogP contribution is 2.35. The topological polar surface area (TPSA) is 46.2 Å². The zero-order chi connectivity index (χ0) is 13.5. The predicted octanol–water partition coefficient (Wildman–Crippen LogP) is 2.23. The molecule has 0 radical (unpaired) electrons. The van der Waals surface area contributed by atoms with Crippen molar-refractivity contribution in [2.45, 2.75) is 41.7 Å². The van der Waals surface area contributed by atoms with Gasteiger partial charge in [0.15, 0.2) is 9.84 Å². The van der Waals surface area contributed by atoms with Crippen LogP contribution < -0.4 is 5.32 Å². The molecule has 0 atom stereocenters. The molecule has 1 saturated carbocycles. The lowest BCUT2D eigenvalue weighted by atomic mass is 9.90. The minimum atomic E-state index is -3.43. The maximum atomic E-state index is 14.1. The van der Waals surface area contributed by atoms with Gasteiger partial charge in [-0.2, -0.15) is 0 Å². The van der Waals surface area contributed by atoms with E-state index in [2.05, 4.69) is 5.32 Å². The molecule has 1 aromatic carbocycles. The summed E-state index contributed by atoms with van der Waals surface area (Å²) in [6.45, 7) is 1.88. The molecule has 2 fully saturated rings. The quantitative estimate of drug-likeness (QED) is 0.925. The fourth-order valence-electron chi connectivity index (χ4n) is 2.71. The van der Waals surface area contributed by atoms with E-state index in [1.165, 1.54) is 12.1 Å². The van der Waals surface area contributed by atoms with Gasteiger partial charge in [0.2, 0.25) is 0 Å². The maximum absolute atomic E-state index is 14.1. The molecule has 5 heteroatoms. The van der Waals surface area contributed by atoms with Crippen LogP contribution in [-0.4, -0.2) is 26.8 Å². The van der Waals surface area contributed by atoms with Gasteiger partial charge in [0.1, 0.15) is 10.7 Å². The Labute approximate surface area is 113 Å². The molecule has 0 bridgehead atoms. The Kier molecular flexibility index (Phi) is 3.35. The number of nitrogens with one attached hydrogen (secondary N) is 1. The normalized spacial score (nSPS) is 21.5. The van der Waals surface area contributed by atoms with Crippen LogP contribution in [0.2, 0.25) is 0 Å². The highest BCUT2D eigenvalue weighted by atomic mass is 32.2. The third-order valence-corrected chi connectivity index (χ3v) is 6.33. The number of benzene rings is 1. The van der Waals surface area contributed by atoms with Gasteiger partial charge in [0.05, 0.1) is 5.25 Å². The smallest absolute Gasteiger partial charge is 0.184 e. The van der Waals surface area contributed by atoms with Crippen LogP contribution in [0, 0.1) is 5.82 Å².